The van der Waals surface area contributed by atoms with E-state index >= 15 is 0 Å². The van der Waals surface area contributed by atoms with E-state index in [-0.39, 0.29) is 12.4 Å². The van der Waals surface area contributed by atoms with Crippen LogP contribution in [0.3, 0.4) is 0 Å². The number of nitrogens with one attached hydrogen (secondary N) is 1. The largest absolute Gasteiger partial charge is 0.496 e. The molecule has 0 aliphatic rings. The third-order valence-electron chi connectivity index (χ3n) is 3.55. The normalized spacial score (nSPS) is 9.91. The molecule has 0 fully saturated rings. The summed E-state index contributed by atoms with van der Waals surface area (Å²) in [5, 5.41) is 3.42. The SMILES string of the molecule is COc1cc(OC)c(OC)cc1CNCc1ccc(C)cc1.Cl. The van der Waals surface area contributed by atoms with Crippen LogP contribution < -0.4 is 19.5 Å². The van der Waals surface area contributed by atoms with Crippen LogP contribution in [0.25, 0.3) is 0 Å². The van der Waals surface area contributed by atoms with Gasteiger partial charge in [0, 0.05) is 24.7 Å². The predicted molar refractivity (Wildman–Crippen MR) is 95.1 cm³/mol. The molecule has 0 bridgehead atoms. The van der Waals surface area contributed by atoms with Gasteiger partial charge in [0.25, 0.3) is 0 Å². The molecular formula is C18H24ClNO3. The Bertz CT molecular complexity index is 614. The molecule has 23 heavy (non-hydrogen) atoms. The zero-order valence-electron chi connectivity index (χ0n) is 14.0. The fraction of sp³-hybridized carbons (Fsp3) is 0.333. The van der Waals surface area contributed by atoms with Crippen LogP contribution in [0.2, 0.25) is 0 Å². The van der Waals surface area contributed by atoms with E-state index in [0.717, 1.165) is 17.9 Å². The van der Waals surface area contributed by atoms with Crippen LogP contribution in [0.1, 0.15) is 16.7 Å². The Balaban J connectivity index is 0.00000264. The fourth-order valence-corrected chi connectivity index (χ4v) is 2.28. The first-order valence-electron chi connectivity index (χ1n) is 7.23. The maximum atomic E-state index is 5.43. The van der Waals surface area contributed by atoms with Crippen molar-refractivity contribution in [1.82, 2.24) is 5.32 Å². The molecule has 0 spiro atoms. The summed E-state index contributed by atoms with van der Waals surface area (Å²) in [4.78, 5) is 0. The fourth-order valence-electron chi connectivity index (χ4n) is 2.28. The van der Waals surface area contributed by atoms with Gasteiger partial charge < -0.3 is 19.5 Å². The monoisotopic (exact) mass is 337 g/mol. The lowest BCUT2D eigenvalue weighted by atomic mass is 10.1. The zero-order chi connectivity index (χ0) is 15.9. The minimum absolute atomic E-state index is 0. The van der Waals surface area contributed by atoms with Crippen LogP contribution in [0.15, 0.2) is 36.4 Å². The van der Waals surface area contributed by atoms with Gasteiger partial charge in [0.2, 0.25) is 0 Å². The first-order valence-corrected chi connectivity index (χ1v) is 7.23. The molecule has 0 heterocycles. The Morgan fingerprint density at radius 3 is 1.91 bits per heavy atom. The van der Waals surface area contributed by atoms with Gasteiger partial charge >= 0.3 is 0 Å². The van der Waals surface area contributed by atoms with E-state index in [4.69, 9.17) is 14.2 Å². The van der Waals surface area contributed by atoms with Crippen molar-refractivity contribution in [2.75, 3.05) is 21.3 Å². The molecule has 0 aromatic heterocycles. The molecule has 1 N–H and O–H groups in total. The Morgan fingerprint density at radius 1 is 0.783 bits per heavy atom. The van der Waals surface area contributed by atoms with Crippen molar-refractivity contribution in [3.63, 3.8) is 0 Å². The van der Waals surface area contributed by atoms with Crippen molar-refractivity contribution in [3.8, 4) is 17.2 Å². The third kappa shape index (κ3) is 5.05. The van der Waals surface area contributed by atoms with Gasteiger partial charge in [0.1, 0.15) is 5.75 Å². The van der Waals surface area contributed by atoms with E-state index in [2.05, 4.69) is 36.5 Å². The van der Waals surface area contributed by atoms with Crippen LogP contribution in [-0.2, 0) is 13.1 Å². The molecule has 0 saturated heterocycles. The van der Waals surface area contributed by atoms with E-state index in [1.165, 1.54) is 11.1 Å². The highest BCUT2D eigenvalue weighted by molar-refractivity contribution is 5.85. The van der Waals surface area contributed by atoms with Gasteiger partial charge in [-0.3, -0.25) is 0 Å². The lowest BCUT2D eigenvalue weighted by Crippen LogP contribution is -2.13. The van der Waals surface area contributed by atoms with E-state index < -0.39 is 0 Å². The van der Waals surface area contributed by atoms with Crippen LogP contribution >= 0.6 is 12.4 Å². The summed E-state index contributed by atoms with van der Waals surface area (Å²) in [5.74, 6) is 2.16. The van der Waals surface area contributed by atoms with Crippen LogP contribution in [0.5, 0.6) is 17.2 Å². The number of halogens is 1. The molecule has 2 aromatic carbocycles. The second-order valence-electron chi connectivity index (χ2n) is 5.11. The van der Waals surface area contributed by atoms with Gasteiger partial charge in [-0.2, -0.15) is 0 Å². The van der Waals surface area contributed by atoms with Crippen molar-refractivity contribution in [2.45, 2.75) is 20.0 Å². The number of methoxy groups -OCH3 is 3. The van der Waals surface area contributed by atoms with Gasteiger partial charge in [-0.15, -0.1) is 12.4 Å². The van der Waals surface area contributed by atoms with E-state index in [1.54, 1.807) is 21.3 Å². The second-order valence-corrected chi connectivity index (χ2v) is 5.11. The molecule has 0 amide bonds. The maximum absolute atomic E-state index is 5.43. The highest BCUT2D eigenvalue weighted by Gasteiger charge is 2.11. The van der Waals surface area contributed by atoms with Crippen molar-refractivity contribution in [1.29, 1.82) is 0 Å². The zero-order valence-corrected chi connectivity index (χ0v) is 14.8. The summed E-state index contributed by atoms with van der Waals surface area (Å²) in [6.45, 7) is 3.58. The average Bonchev–Trinajstić information content (AvgIpc) is 2.56. The second kappa shape index (κ2) is 9.28. The van der Waals surface area contributed by atoms with Crippen LogP contribution in [0.4, 0.5) is 0 Å². The quantitative estimate of drug-likeness (QED) is 0.835. The smallest absolute Gasteiger partial charge is 0.164 e. The summed E-state index contributed by atoms with van der Waals surface area (Å²) < 4.78 is 16.1. The molecule has 0 radical (unpaired) electrons. The molecule has 126 valence electrons. The Labute approximate surface area is 144 Å². The average molecular weight is 338 g/mol. The van der Waals surface area contributed by atoms with Crippen molar-refractivity contribution >= 4 is 12.4 Å². The number of benzene rings is 2. The summed E-state index contributed by atoms with van der Waals surface area (Å²) in [6, 6.07) is 12.3. The minimum Gasteiger partial charge on any atom is -0.496 e. The number of hydrogen-bond acceptors (Lipinski definition) is 4. The number of aryl methyl sites for hydroxylation is 1. The standard InChI is InChI=1S/C18H23NO3.ClH/c1-13-5-7-14(8-6-13)11-19-12-15-9-17(21-3)18(22-4)10-16(15)20-2;/h5-10,19H,11-12H2,1-4H3;1H. The van der Waals surface area contributed by atoms with E-state index in [1.807, 2.05) is 12.1 Å². The maximum Gasteiger partial charge on any atom is 0.164 e. The van der Waals surface area contributed by atoms with Crippen LogP contribution in [-0.4, -0.2) is 21.3 Å². The lowest BCUT2D eigenvalue weighted by molar-refractivity contribution is 0.347. The first kappa shape index (κ1) is 19.1. The van der Waals surface area contributed by atoms with E-state index in [9.17, 15) is 0 Å². The topological polar surface area (TPSA) is 39.7 Å². The molecule has 0 saturated carbocycles. The molecule has 4 nitrogen and oxygen atoms in total. The third-order valence-corrected chi connectivity index (χ3v) is 3.55. The van der Waals surface area contributed by atoms with Crippen LogP contribution in [0, 0.1) is 6.92 Å². The highest BCUT2D eigenvalue weighted by atomic mass is 35.5. The summed E-state index contributed by atoms with van der Waals surface area (Å²) in [5.41, 5.74) is 3.56. The summed E-state index contributed by atoms with van der Waals surface area (Å²) in [7, 11) is 4.91. The number of ether oxygens (including phenoxy) is 3. The van der Waals surface area contributed by atoms with Crippen molar-refractivity contribution < 1.29 is 14.2 Å². The van der Waals surface area contributed by atoms with Crippen molar-refractivity contribution in [2.24, 2.45) is 0 Å². The van der Waals surface area contributed by atoms with E-state index in [0.29, 0.717) is 18.0 Å². The van der Waals surface area contributed by atoms with Gasteiger partial charge in [-0.25, -0.2) is 0 Å². The minimum atomic E-state index is 0. The summed E-state index contributed by atoms with van der Waals surface area (Å²) in [6.07, 6.45) is 0. The highest BCUT2D eigenvalue weighted by Crippen LogP contribution is 2.34. The van der Waals surface area contributed by atoms with Gasteiger partial charge in [0.05, 0.1) is 21.3 Å². The Morgan fingerprint density at radius 2 is 1.35 bits per heavy atom. The molecular weight excluding hydrogens is 314 g/mol. The molecule has 0 unspecified atom stereocenters. The first-order chi connectivity index (χ1) is 10.7. The molecule has 0 aliphatic carbocycles. The Kier molecular flexibility index (Phi) is 7.72. The molecule has 0 aliphatic heterocycles. The molecule has 2 aromatic rings. The van der Waals surface area contributed by atoms with Gasteiger partial charge in [0.15, 0.2) is 11.5 Å². The Hall–Kier alpha value is -1.91. The van der Waals surface area contributed by atoms with Gasteiger partial charge in [-0.05, 0) is 18.6 Å². The lowest BCUT2D eigenvalue weighted by Gasteiger charge is -2.14. The van der Waals surface area contributed by atoms with Crippen molar-refractivity contribution in [3.05, 3.63) is 53.1 Å². The predicted octanol–water partition coefficient (Wildman–Crippen LogP) is 3.73. The number of hydrogen-bond donors (Lipinski definition) is 1. The number of rotatable bonds is 7. The van der Waals surface area contributed by atoms with Gasteiger partial charge in [-0.1, -0.05) is 29.8 Å². The molecule has 0 atom stereocenters. The molecule has 5 heteroatoms. The molecule has 2 rings (SSSR count). The summed E-state index contributed by atoms with van der Waals surface area (Å²) >= 11 is 0.